The highest BCUT2D eigenvalue weighted by atomic mass is 16.5. The molecule has 1 aromatic heterocycles. The number of amides is 3. The molecule has 1 heterocycles. The number of nitrogens with one attached hydrogen (secondary N) is 3. The van der Waals surface area contributed by atoms with Gasteiger partial charge in [-0.2, -0.15) is 0 Å². The number of carbonyl (C=O) groups excluding carboxylic acids is 4. The van der Waals surface area contributed by atoms with Gasteiger partial charge >= 0.3 is 5.97 Å². The first-order chi connectivity index (χ1) is 25.3. The minimum Gasteiger partial charge on any atom is -0.467 e. The zero-order valence-corrected chi connectivity index (χ0v) is 29.0. The summed E-state index contributed by atoms with van der Waals surface area (Å²) in [5.41, 5.74) is 3.36. The Bertz CT molecular complexity index is 2040. The molecule has 1 unspecified atom stereocenters. The molecule has 5 aromatic carbocycles. The number of rotatable bonds is 13. The highest BCUT2D eigenvalue weighted by molar-refractivity contribution is 5.99. The number of H-pyrrole nitrogens is 1. The highest BCUT2D eigenvalue weighted by Gasteiger charge is 2.40. The Labute approximate surface area is 302 Å². The van der Waals surface area contributed by atoms with Crippen LogP contribution >= 0.6 is 0 Å². The van der Waals surface area contributed by atoms with E-state index in [4.69, 9.17) is 4.74 Å². The molecule has 3 amide bonds. The van der Waals surface area contributed by atoms with Gasteiger partial charge in [0.15, 0.2) is 0 Å². The maximum Gasteiger partial charge on any atom is 0.329 e. The van der Waals surface area contributed by atoms with Gasteiger partial charge in [0.05, 0.1) is 13.5 Å². The summed E-state index contributed by atoms with van der Waals surface area (Å²) < 4.78 is 5.16. The Morgan fingerprint density at radius 2 is 1.21 bits per heavy atom. The number of hydrogen-bond donors (Lipinski definition) is 3. The number of para-hydroxylation sites is 1. The summed E-state index contributed by atoms with van der Waals surface area (Å²) in [6, 6.07) is 42.7. The van der Waals surface area contributed by atoms with E-state index in [1.165, 1.54) is 19.1 Å². The minimum absolute atomic E-state index is 0.130. The Balaban J connectivity index is 1.33. The van der Waals surface area contributed by atoms with Gasteiger partial charge in [-0.15, -0.1) is 0 Å². The second kappa shape index (κ2) is 16.0. The summed E-state index contributed by atoms with van der Waals surface area (Å²) in [6.45, 7) is 0. The van der Waals surface area contributed by atoms with Gasteiger partial charge in [-0.3, -0.25) is 14.4 Å². The number of ether oxygens (including phenoxy) is 1. The summed E-state index contributed by atoms with van der Waals surface area (Å²) in [6.07, 6.45) is 1.53. The second-order valence-electron chi connectivity index (χ2n) is 12.5. The van der Waals surface area contributed by atoms with Gasteiger partial charge < -0.3 is 25.3 Å². The van der Waals surface area contributed by atoms with Crippen molar-refractivity contribution < 1.29 is 23.9 Å². The van der Waals surface area contributed by atoms with E-state index in [1.807, 2.05) is 115 Å². The third-order valence-corrected chi connectivity index (χ3v) is 9.35. The summed E-state index contributed by atoms with van der Waals surface area (Å²) in [5, 5.41) is 7.05. The maximum absolute atomic E-state index is 14.4. The van der Waals surface area contributed by atoms with Crippen LogP contribution in [0.4, 0.5) is 0 Å². The Kier molecular flexibility index (Phi) is 10.9. The molecule has 52 heavy (non-hydrogen) atoms. The summed E-state index contributed by atoms with van der Waals surface area (Å²) in [4.78, 5) is 60.1. The van der Waals surface area contributed by atoms with Crippen LogP contribution in [0.5, 0.6) is 0 Å². The van der Waals surface area contributed by atoms with E-state index in [-0.39, 0.29) is 6.42 Å². The van der Waals surface area contributed by atoms with Crippen molar-refractivity contribution in [1.29, 1.82) is 0 Å². The molecule has 2 atom stereocenters. The summed E-state index contributed by atoms with van der Waals surface area (Å²) in [5.74, 6) is -2.26. The van der Waals surface area contributed by atoms with E-state index in [1.54, 1.807) is 36.5 Å². The van der Waals surface area contributed by atoms with Crippen LogP contribution in [0.1, 0.15) is 39.0 Å². The SMILES string of the molecule is COC(=O)C(CC(=O)NC(c1ccccc1)(c1ccccc1)c1ccccc1)N(C)C(=O)[C@H](Cc1c[nH]c2ccccc12)NC(=O)c1ccccc1. The predicted octanol–water partition coefficient (Wildman–Crippen LogP) is 6.01. The molecule has 0 aliphatic carbocycles. The number of hydrogen-bond acceptors (Lipinski definition) is 5. The molecule has 9 nitrogen and oxygen atoms in total. The number of benzene rings is 5. The zero-order chi connectivity index (χ0) is 36.5. The van der Waals surface area contributed by atoms with Crippen LogP contribution in [0.25, 0.3) is 10.9 Å². The predicted molar refractivity (Wildman–Crippen MR) is 200 cm³/mol. The van der Waals surface area contributed by atoms with Crippen molar-refractivity contribution in [2.75, 3.05) is 14.2 Å². The molecule has 0 aliphatic heterocycles. The van der Waals surface area contributed by atoms with Crippen LogP contribution in [-0.4, -0.2) is 59.8 Å². The van der Waals surface area contributed by atoms with Gasteiger partial charge in [0, 0.05) is 36.1 Å². The minimum atomic E-state index is -1.31. The van der Waals surface area contributed by atoms with Gasteiger partial charge in [0.25, 0.3) is 5.91 Å². The van der Waals surface area contributed by atoms with Gasteiger partial charge in [-0.25, -0.2) is 4.79 Å². The molecule has 0 radical (unpaired) electrons. The molecule has 0 bridgehead atoms. The van der Waals surface area contributed by atoms with Gasteiger partial charge in [-0.1, -0.05) is 127 Å². The first-order valence-corrected chi connectivity index (χ1v) is 17.0. The number of likely N-dealkylation sites (N-methyl/N-ethyl adjacent to an activating group) is 1. The average Bonchev–Trinajstić information content (AvgIpc) is 3.61. The largest absolute Gasteiger partial charge is 0.467 e. The van der Waals surface area contributed by atoms with Crippen molar-refractivity contribution in [1.82, 2.24) is 20.5 Å². The number of aromatic nitrogens is 1. The molecular formula is C43H40N4O5. The first-order valence-electron chi connectivity index (χ1n) is 17.0. The van der Waals surface area contributed by atoms with Crippen molar-refractivity contribution in [3.8, 4) is 0 Å². The highest BCUT2D eigenvalue weighted by Crippen LogP contribution is 2.37. The smallest absolute Gasteiger partial charge is 0.329 e. The van der Waals surface area contributed by atoms with Crippen LogP contribution in [-0.2, 0) is 31.1 Å². The number of fused-ring (bicyclic) bond motifs is 1. The third-order valence-electron chi connectivity index (χ3n) is 9.35. The van der Waals surface area contributed by atoms with Crippen molar-refractivity contribution in [2.45, 2.75) is 30.5 Å². The van der Waals surface area contributed by atoms with E-state index in [0.717, 1.165) is 33.2 Å². The van der Waals surface area contributed by atoms with Crippen molar-refractivity contribution in [3.05, 3.63) is 180 Å². The molecule has 6 aromatic rings. The monoisotopic (exact) mass is 692 g/mol. The van der Waals surface area contributed by atoms with Crippen molar-refractivity contribution in [3.63, 3.8) is 0 Å². The van der Waals surface area contributed by atoms with E-state index < -0.39 is 47.7 Å². The molecule has 0 spiro atoms. The lowest BCUT2D eigenvalue weighted by Crippen LogP contribution is -2.55. The lowest BCUT2D eigenvalue weighted by atomic mass is 9.77. The quantitative estimate of drug-likeness (QED) is 0.101. The van der Waals surface area contributed by atoms with Gasteiger partial charge in [0.2, 0.25) is 11.8 Å². The van der Waals surface area contributed by atoms with Crippen molar-refractivity contribution in [2.24, 2.45) is 0 Å². The average molecular weight is 693 g/mol. The standard InChI is InChI=1S/C43H40N4O5/c1-47(41(50)37(45-40(49)30-17-7-3-8-18-30)27-31-29-44-36-26-16-15-25-35(31)36)38(42(51)52-2)28-39(48)46-43(32-19-9-4-10-20-32,33-21-11-5-12-22-33)34-23-13-6-14-24-34/h3-26,29,37-38,44H,27-28H2,1-2H3,(H,45,49)(H,46,48)/t37-,38?/m0/s1. The zero-order valence-electron chi connectivity index (χ0n) is 29.0. The second-order valence-corrected chi connectivity index (χ2v) is 12.5. The molecule has 6 rings (SSSR count). The van der Waals surface area contributed by atoms with Crippen molar-refractivity contribution >= 4 is 34.6 Å². The normalized spacial score (nSPS) is 12.3. The Morgan fingerprint density at radius 1 is 0.712 bits per heavy atom. The molecule has 0 saturated carbocycles. The molecular weight excluding hydrogens is 652 g/mol. The van der Waals surface area contributed by atoms with E-state index in [9.17, 15) is 19.2 Å². The lowest BCUT2D eigenvalue weighted by molar-refractivity contribution is -0.154. The number of methoxy groups -OCH3 is 1. The number of esters is 1. The fourth-order valence-corrected chi connectivity index (χ4v) is 6.68. The van der Waals surface area contributed by atoms with E-state index in [0.29, 0.717) is 5.56 Å². The molecule has 262 valence electrons. The van der Waals surface area contributed by atoms with Crippen LogP contribution in [0, 0.1) is 0 Å². The van der Waals surface area contributed by atoms with Crippen LogP contribution in [0.3, 0.4) is 0 Å². The first kappa shape index (κ1) is 35.3. The van der Waals surface area contributed by atoms with Gasteiger partial charge in [-0.05, 0) is 40.5 Å². The Hall–Kier alpha value is -6.48. The van der Waals surface area contributed by atoms with Crippen LogP contribution < -0.4 is 10.6 Å². The topological polar surface area (TPSA) is 121 Å². The molecule has 0 saturated heterocycles. The summed E-state index contributed by atoms with van der Waals surface area (Å²) in [7, 11) is 2.67. The fourth-order valence-electron chi connectivity index (χ4n) is 6.68. The number of aromatic amines is 1. The van der Waals surface area contributed by atoms with E-state index in [2.05, 4.69) is 15.6 Å². The lowest BCUT2D eigenvalue weighted by Gasteiger charge is -2.37. The Morgan fingerprint density at radius 3 is 1.75 bits per heavy atom. The maximum atomic E-state index is 14.4. The van der Waals surface area contributed by atoms with Crippen LogP contribution in [0.2, 0.25) is 0 Å². The van der Waals surface area contributed by atoms with Crippen LogP contribution in [0.15, 0.2) is 152 Å². The molecule has 0 fully saturated rings. The molecule has 9 heteroatoms. The summed E-state index contributed by atoms with van der Waals surface area (Å²) >= 11 is 0. The fraction of sp³-hybridized carbons (Fsp3) is 0.163. The molecule has 0 aliphatic rings. The molecule has 3 N–H and O–H groups in total. The number of nitrogens with zero attached hydrogens (tertiary/aromatic N) is 1. The third kappa shape index (κ3) is 7.49. The van der Waals surface area contributed by atoms with E-state index >= 15 is 0 Å². The van der Waals surface area contributed by atoms with Gasteiger partial charge in [0.1, 0.15) is 17.6 Å². The number of carbonyl (C=O) groups is 4.